The molecule has 114 valence electrons. The first-order valence-electron chi connectivity index (χ1n) is 7.28. The van der Waals surface area contributed by atoms with E-state index in [1.807, 2.05) is 0 Å². The van der Waals surface area contributed by atoms with Crippen LogP contribution in [0.2, 0.25) is 0 Å². The van der Waals surface area contributed by atoms with Gasteiger partial charge in [-0.15, -0.1) is 11.3 Å². The molecule has 0 saturated heterocycles. The summed E-state index contributed by atoms with van der Waals surface area (Å²) in [6.07, 6.45) is 2.45. The van der Waals surface area contributed by atoms with Crippen LogP contribution < -0.4 is 5.73 Å². The summed E-state index contributed by atoms with van der Waals surface area (Å²) < 4.78 is 26.7. The van der Waals surface area contributed by atoms with Gasteiger partial charge in [0.15, 0.2) is 0 Å². The van der Waals surface area contributed by atoms with Crippen LogP contribution in [0.4, 0.5) is 5.69 Å². The third-order valence-electron chi connectivity index (χ3n) is 4.63. The SMILES string of the molecule is CC1CCC(S(=O)(=O)c2nc3ccc(N)cc3s2)CC1C. The van der Waals surface area contributed by atoms with Gasteiger partial charge in [-0.2, -0.15) is 0 Å². The summed E-state index contributed by atoms with van der Waals surface area (Å²) in [5.74, 6) is 1.05. The van der Waals surface area contributed by atoms with Crippen LogP contribution in [0.3, 0.4) is 0 Å². The molecule has 2 N–H and O–H groups in total. The maximum Gasteiger partial charge on any atom is 0.210 e. The van der Waals surface area contributed by atoms with Gasteiger partial charge in [0.25, 0.3) is 0 Å². The number of thiazole rings is 1. The molecule has 1 aliphatic rings. The van der Waals surface area contributed by atoms with E-state index in [0.29, 0.717) is 23.0 Å². The quantitative estimate of drug-likeness (QED) is 0.858. The minimum Gasteiger partial charge on any atom is -0.399 e. The third kappa shape index (κ3) is 2.66. The summed E-state index contributed by atoms with van der Waals surface area (Å²) in [6, 6.07) is 5.33. The zero-order valence-corrected chi connectivity index (χ0v) is 13.9. The highest BCUT2D eigenvalue weighted by Crippen LogP contribution is 2.37. The fourth-order valence-electron chi connectivity index (χ4n) is 2.96. The number of fused-ring (bicyclic) bond motifs is 1. The number of rotatable bonds is 2. The number of anilines is 1. The average Bonchev–Trinajstić information content (AvgIpc) is 2.85. The van der Waals surface area contributed by atoms with Crippen molar-refractivity contribution in [1.82, 2.24) is 4.98 Å². The molecule has 0 spiro atoms. The van der Waals surface area contributed by atoms with Crippen molar-refractivity contribution < 1.29 is 8.42 Å². The predicted molar refractivity (Wildman–Crippen MR) is 87.2 cm³/mol. The van der Waals surface area contributed by atoms with E-state index in [1.165, 1.54) is 11.3 Å². The molecule has 4 nitrogen and oxygen atoms in total. The van der Waals surface area contributed by atoms with Crippen LogP contribution in [0.15, 0.2) is 22.5 Å². The van der Waals surface area contributed by atoms with Gasteiger partial charge in [-0.1, -0.05) is 13.8 Å². The number of hydrogen-bond acceptors (Lipinski definition) is 5. The van der Waals surface area contributed by atoms with Crippen molar-refractivity contribution in [1.29, 1.82) is 0 Å². The monoisotopic (exact) mass is 324 g/mol. The molecule has 0 amide bonds. The van der Waals surface area contributed by atoms with Gasteiger partial charge in [-0.3, -0.25) is 0 Å². The molecule has 3 unspecified atom stereocenters. The Kier molecular flexibility index (Phi) is 3.69. The lowest BCUT2D eigenvalue weighted by atomic mass is 9.81. The van der Waals surface area contributed by atoms with E-state index in [-0.39, 0.29) is 9.59 Å². The second-order valence-electron chi connectivity index (χ2n) is 6.14. The van der Waals surface area contributed by atoms with Crippen LogP contribution in [0.25, 0.3) is 10.2 Å². The van der Waals surface area contributed by atoms with Gasteiger partial charge >= 0.3 is 0 Å². The molecule has 21 heavy (non-hydrogen) atoms. The molecule has 0 bridgehead atoms. The van der Waals surface area contributed by atoms with E-state index in [9.17, 15) is 8.42 Å². The summed E-state index contributed by atoms with van der Waals surface area (Å²) in [5, 5.41) is -0.290. The lowest BCUT2D eigenvalue weighted by Crippen LogP contribution is -2.31. The Hall–Kier alpha value is -1.14. The minimum absolute atomic E-state index is 0.245. The molecule has 0 aliphatic heterocycles. The van der Waals surface area contributed by atoms with E-state index in [0.717, 1.165) is 24.0 Å². The van der Waals surface area contributed by atoms with Crippen molar-refractivity contribution in [3.8, 4) is 0 Å². The van der Waals surface area contributed by atoms with Crippen molar-refractivity contribution in [3.05, 3.63) is 18.2 Å². The molecule has 3 rings (SSSR count). The Labute approximate surface area is 129 Å². The van der Waals surface area contributed by atoms with E-state index in [2.05, 4.69) is 18.8 Å². The van der Waals surface area contributed by atoms with Gasteiger partial charge < -0.3 is 5.73 Å². The summed E-state index contributed by atoms with van der Waals surface area (Å²) >= 11 is 1.23. The van der Waals surface area contributed by atoms with Crippen molar-refractivity contribution in [2.24, 2.45) is 11.8 Å². The highest BCUT2D eigenvalue weighted by atomic mass is 32.2. The zero-order valence-electron chi connectivity index (χ0n) is 12.2. The standard InChI is InChI=1S/C15H20N2O2S2/c1-9-3-5-12(7-10(9)2)21(18,19)15-17-13-6-4-11(16)8-14(13)20-15/h4,6,8-10,12H,3,5,7,16H2,1-2H3. The largest absolute Gasteiger partial charge is 0.399 e. The summed E-state index contributed by atoms with van der Waals surface area (Å²) in [4.78, 5) is 4.32. The van der Waals surface area contributed by atoms with Crippen LogP contribution in [0.1, 0.15) is 33.1 Å². The maximum absolute atomic E-state index is 12.8. The zero-order chi connectivity index (χ0) is 15.2. The van der Waals surface area contributed by atoms with Crippen molar-refractivity contribution in [3.63, 3.8) is 0 Å². The number of nitrogens with two attached hydrogens (primary N) is 1. The third-order valence-corrected chi connectivity index (χ3v) is 8.27. The molecular weight excluding hydrogens is 304 g/mol. The summed E-state index contributed by atoms with van der Waals surface area (Å²) in [5.41, 5.74) is 7.10. The molecule has 1 saturated carbocycles. The number of sulfone groups is 1. The Morgan fingerprint density at radius 2 is 2.00 bits per heavy atom. The Morgan fingerprint density at radius 3 is 2.71 bits per heavy atom. The van der Waals surface area contributed by atoms with E-state index in [1.54, 1.807) is 18.2 Å². The highest BCUT2D eigenvalue weighted by Gasteiger charge is 2.36. The molecule has 6 heteroatoms. The normalized spacial score (nSPS) is 27.0. The second kappa shape index (κ2) is 5.25. The topological polar surface area (TPSA) is 73.0 Å². The number of aromatic nitrogens is 1. The molecule has 0 radical (unpaired) electrons. The average molecular weight is 324 g/mol. The molecular formula is C15H20N2O2S2. The van der Waals surface area contributed by atoms with Gasteiger partial charge in [0.1, 0.15) is 0 Å². The van der Waals surface area contributed by atoms with Gasteiger partial charge in [0, 0.05) is 5.69 Å². The lowest BCUT2D eigenvalue weighted by molar-refractivity contribution is 0.278. The number of nitrogen functional groups attached to an aromatic ring is 1. The van der Waals surface area contributed by atoms with Crippen molar-refractivity contribution in [2.75, 3.05) is 5.73 Å². The highest BCUT2D eigenvalue weighted by molar-refractivity contribution is 7.94. The van der Waals surface area contributed by atoms with Crippen LogP contribution in [-0.2, 0) is 9.84 Å². The molecule has 2 aromatic rings. The molecule has 1 fully saturated rings. The number of nitrogens with zero attached hydrogens (tertiary/aromatic N) is 1. The smallest absolute Gasteiger partial charge is 0.210 e. The lowest BCUT2D eigenvalue weighted by Gasteiger charge is -2.31. The first-order chi connectivity index (χ1) is 9.88. The molecule has 1 heterocycles. The van der Waals surface area contributed by atoms with Gasteiger partial charge in [-0.05, 0) is 49.3 Å². The number of benzene rings is 1. The maximum atomic E-state index is 12.8. The van der Waals surface area contributed by atoms with Crippen molar-refractivity contribution >= 4 is 37.1 Å². The van der Waals surface area contributed by atoms with Crippen LogP contribution in [0, 0.1) is 11.8 Å². The van der Waals surface area contributed by atoms with Crippen molar-refractivity contribution in [2.45, 2.75) is 42.7 Å². The van der Waals surface area contributed by atoms with E-state index in [4.69, 9.17) is 5.73 Å². The molecule has 1 aliphatic carbocycles. The Bertz CT molecular complexity index is 767. The fraction of sp³-hybridized carbons (Fsp3) is 0.533. The second-order valence-corrected chi connectivity index (χ2v) is 9.57. The summed E-state index contributed by atoms with van der Waals surface area (Å²) in [7, 11) is -3.33. The first-order valence-corrected chi connectivity index (χ1v) is 9.64. The van der Waals surface area contributed by atoms with Crippen LogP contribution >= 0.6 is 11.3 Å². The van der Waals surface area contributed by atoms with Crippen LogP contribution in [-0.4, -0.2) is 18.7 Å². The molecule has 1 aromatic heterocycles. The fourth-order valence-corrected chi connectivity index (χ4v) is 6.37. The first kappa shape index (κ1) is 14.8. The molecule has 3 atom stereocenters. The predicted octanol–water partition coefficient (Wildman–Crippen LogP) is 3.48. The van der Waals surface area contributed by atoms with Gasteiger partial charge in [-0.25, -0.2) is 13.4 Å². The Morgan fingerprint density at radius 1 is 1.24 bits per heavy atom. The van der Waals surface area contributed by atoms with Gasteiger partial charge in [0.05, 0.1) is 15.5 Å². The molecule has 1 aromatic carbocycles. The minimum atomic E-state index is -3.33. The van der Waals surface area contributed by atoms with E-state index >= 15 is 0 Å². The van der Waals surface area contributed by atoms with E-state index < -0.39 is 9.84 Å². The van der Waals surface area contributed by atoms with Crippen LogP contribution in [0.5, 0.6) is 0 Å². The number of hydrogen-bond donors (Lipinski definition) is 1. The summed E-state index contributed by atoms with van der Waals surface area (Å²) in [6.45, 7) is 4.35. The Balaban J connectivity index is 1.96. The van der Waals surface area contributed by atoms with Gasteiger partial charge in [0.2, 0.25) is 14.2 Å².